The Morgan fingerprint density at radius 1 is 1.62 bits per heavy atom. The molecule has 1 N–H and O–H groups in total. The Hall–Kier alpha value is -1.09. The second kappa shape index (κ2) is 3.75. The van der Waals surface area contributed by atoms with Crippen molar-refractivity contribution in [2.24, 2.45) is 0 Å². The lowest BCUT2D eigenvalue weighted by Gasteiger charge is -2.02. The van der Waals surface area contributed by atoms with E-state index in [1.54, 1.807) is 13.0 Å². The van der Waals surface area contributed by atoms with Crippen LogP contribution in [0.4, 0.5) is 0 Å². The largest absolute Gasteiger partial charge is 0.478 e. The van der Waals surface area contributed by atoms with Gasteiger partial charge in [0.1, 0.15) is 6.07 Å². The van der Waals surface area contributed by atoms with Crippen LogP contribution in [0, 0.1) is 21.8 Å². The number of carboxylic acids is 1. The third kappa shape index (κ3) is 1.98. The summed E-state index contributed by atoms with van der Waals surface area (Å²) in [6, 6.07) is 5.05. The Bertz CT molecular complexity index is 407. The molecule has 0 unspecified atom stereocenters. The fourth-order valence-electron chi connectivity index (χ4n) is 0.989. The van der Waals surface area contributed by atoms with Crippen molar-refractivity contribution in [2.75, 3.05) is 0 Å². The third-order valence-corrected chi connectivity index (χ3v) is 2.56. The summed E-state index contributed by atoms with van der Waals surface area (Å²) in [5.74, 6) is -0.995. The van der Waals surface area contributed by atoms with Crippen molar-refractivity contribution in [2.45, 2.75) is 6.92 Å². The van der Waals surface area contributed by atoms with Crippen molar-refractivity contribution in [1.82, 2.24) is 0 Å². The lowest BCUT2D eigenvalue weighted by molar-refractivity contribution is 0.0696. The van der Waals surface area contributed by atoms with Crippen LogP contribution in [0.5, 0.6) is 0 Å². The summed E-state index contributed by atoms with van der Waals surface area (Å²) in [5, 5.41) is 17.4. The van der Waals surface area contributed by atoms with Gasteiger partial charge in [0.2, 0.25) is 0 Å². The summed E-state index contributed by atoms with van der Waals surface area (Å²) in [7, 11) is 0. The normalized spacial score (nSPS) is 9.31. The molecule has 4 heteroatoms. The van der Waals surface area contributed by atoms with Gasteiger partial charge in [-0.15, -0.1) is 0 Å². The molecule has 0 atom stereocenters. The Kier molecular flexibility index (Phi) is 2.88. The molecule has 0 saturated carbocycles. The van der Waals surface area contributed by atoms with Crippen LogP contribution >= 0.6 is 22.6 Å². The molecule has 13 heavy (non-hydrogen) atoms. The maximum atomic E-state index is 10.7. The molecular formula is C9H6INO2. The molecule has 0 amide bonds. The third-order valence-electron chi connectivity index (χ3n) is 1.66. The number of hydrogen-bond donors (Lipinski definition) is 1. The molecule has 0 fully saturated rings. The van der Waals surface area contributed by atoms with Crippen LogP contribution in [-0.4, -0.2) is 11.1 Å². The monoisotopic (exact) mass is 287 g/mol. The smallest absolute Gasteiger partial charge is 0.335 e. The number of aromatic carboxylic acids is 1. The van der Waals surface area contributed by atoms with E-state index >= 15 is 0 Å². The van der Waals surface area contributed by atoms with Crippen LogP contribution in [-0.2, 0) is 0 Å². The van der Waals surface area contributed by atoms with Gasteiger partial charge in [-0.2, -0.15) is 5.26 Å². The SMILES string of the molecule is Cc1cc(I)c(C#N)cc1C(=O)O. The van der Waals surface area contributed by atoms with E-state index in [0.29, 0.717) is 11.1 Å². The highest BCUT2D eigenvalue weighted by molar-refractivity contribution is 14.1. The maximum absolute atomic E-state index is 10.7. The van der Waals surface area contributed by atoms with E-state index < -0.39 is 5.97 Å². The van der Waals surface area contributed by atoms with Gasteiger partial charge < -0.3 is 5.11 Å². The average molecular weight is 287 g/mol. The van der Waals surface area contributed by atoms with E-state index in [9.17, 15) is 4.79 Å². The second-order valence-corrected chi connectivity index (χ2v) is 3.73. The molecule has 0 aliphatic carbocycles. The van der Waals surface area contributed by atoms with Crippen LogP contribution in [0.25, 0.3) is 0 Å². The lowest BCUT2D eigenvalue weighted by Crippen LogP contribution is -2.01. The molecule has 3 nitrogen and oxygen atoms in total. The molecule has 0 aromatic heterocycles. The minimum absolute atomic E-state index is 0.192. The van der Waals surface area contributed by atoms with E-state index in [4.69, 9.17) is 10.4 Å². The van der Waals surface area contributed by atoms with E-state index in [1.807, 2.05) is 28.7 Å². The van der Waals surface area contributed by atoms with Gasteiger partial charge in [-0.3, -0.25) is 0 Å². The van der Waals surface area contributed by atoms with Crippen molar-refractivity contribution in [1.29, 1.82) is 5.26 Å². The number of carbonyl (C=O) groups is 1. The Morgan fingerprint density at radius 3 is 2.69 bits per heavy atom. The standard InChI is InChI=1S/C9H6INO2/c1-5-2-8(10)6(4-11)3-7(5)9(12)13/h2-3H,1H3,(H,12,13). The van der Waals surface area contributed by atoms with Gasteiger partial charge in [-0.1, -0.05) is 0 Å². The first-order valence-electron chi connectivity index (χ1n) is 3.50. The van der Waals surface area contributed by atoms with E-state index in [2.05, 4.69) is 0 Å². The fourth-order valence-corrected chi connectivity index (χ4v) is 1.73. The van der Waals surface area contributed by atoms with Crippen LogP contribution in [0.15, 0.2) is 12.1 Å². The minimum Gasteiger partial charge on any atom is -0.478 e. The van der Waals surface area contributed by atoms with Gasteiger partial charge >= 0.3 is 5.97 Å². The van der Waals surface area contributed by atoms with Gasteiger partial charge in [0.05, 0.1) is 11.1 Å². The minimum atomic E-state index is -0.995. The maximum Gasteiger partial charge on any atom is 0.335 e. The predicted molar refractivity (Wildman–Crippen MR) is 55.6 cm³/mol. The van der Waals surface area contributed by atoms with Crippen LogP contribution in [0.1, 0.15) is 21.5 Å². The number of nitrogens with zero attached hydrogens (tertiary/aromatic N) is 1. The number of halogens is 1. The lowest BCUT2D eigenvalue weighted by atomic mass is 10.1. The van der Waals surface area contributed by atoms with Crippen LogP contribution in [0.2, 0.25) is 0 Å². The second-order valence-electron chi connectivity index (χ2n) is 2.56. The number of hydrogen-bond acceptors (Lipinski definition) is 2. The van der Waals surface area contributed by atoms with Crippen molar-refractivity contribution >= 4 is 28.6 Å². The van der Waals surface area contributed by atoms with Gasteiger partial charge in [0.25, 0.3) is 0 Å². The van der Waals surface area contributed by atoms with Gasteiger partial charge in [0.15, 0.2) is 0 Å². The van der Waals surface area contributed by atoms with Gasteiger partial charge in [-0.25, -0.2) is 4.79 Å². The van der Waals surface area contributed by atoms with Crippen molar-refractivity contribution in [3.8, 4) is 6.07 Å². The van der Waals surface area contributed by atoms with Crippen LogP contribution in [0.3, 0.4) is 0 Å². The molecule has 1 aromatic rings. The Balaban J connectivity index is 3.41. The van der Waals surface area contributed by atoms with Gasteiger partial charge in [0, 0.05) is 3.57 Å². The highest BCUT2D eigenvalue weighted by atomic mass is 127. The first-order valence-corrected chi connectivity index (χ1v) is 4.57. The molecule has 0 saturated heterocycles. The first-order chi connectivity index (χ1) is 6.06. The van der Waals surface area contributed by atoms with E-state index in [-0.39, 0.29) is 5.56 Å². The Morgan fingerprint density at radius 2 is 2.23 bits per heavy atom. The molecule has 0 radical (unpaired) electrons. The summed E-state index contributed by atoms with van der Waals surface area (Å²) in [6.45, 7) is 1.72. The van der Waals surface area contributed by atoms with Gasteiger partial charge in [-0.05, 0) is 47.2 Å². The molecule has 0 heterocycles. The number of rotatable bonds is 1. The molecule has 0 aliphatic heterocycles. The summed E-state index contributed by atoms with van der Waals surface area (Å²) < 4.78 is 0.780. The average Bonchev–Trinajstić information content (AvgIpc) is 2.03. The zero-order valence-electron chi connectivity index (χ0n) is 6.84. The number of aryl methyl sites for hydroxylation is 1. The zero-order chi connectivity index (χ0) is 10.0. The summed E-state index contributed by atoms with van der Waals surface area (Å²) in [6.07, 6.45) is 0. The molecule has 0 bridgehead atoms. The first kappa shape index (κ1) is 9.99. The van der Waals surface area contributed by atoms with Crippen molar-refractivity contribution < 1.29 is 9.90 Å². The summed E-state index contributed by atoms with van der Waals surface area (Å²) in [4.78, 5) is 10.7. The van der Waals surface area contributed by atoms with E-state index in [1.165, 1.54) is 6.07 Å². The fraction of sp³-hybridized carbons (Fsp3) is 0.111. The summed E-state index contributed by atoms with van der Waals surface area (Å²) >= 11 is 2.01. The topological polar surface area (TPSA) is 61.1 Å². The highest BCUT2D eigenvalue weighted by Gasteiger charge is 2.10. The Labute approximate surface area is 89.1 Å². The molecule has 66 valence electrons. The number of benzene rings is 1. The molecule has 0 spiro atoms. The molecular weight excluding hydrogens is 281 g/mol. The quantitative estimate of drug-likeness (QED) is 0.805. The predicted octanol–water partition coefficient (Wildman–Crippen LogP) is 2.17. The molecule has 0 aliphatic rings. The van der Waals surface area contributed by atoms with Crippen LogP contribution < -0.4 is 0 Å². The highest BCUT2D eigenvalue weighted by Crippen LogP contribution is 2.17. The molecule has 1 aromatic carbocycles. The number of carboxylic acid groups (broad SMARTS) is 1. The zero-order valence-corrected chi connectivity index (χ0v) is 8.99. The summed E-state index contributed by atoms with van der Waals surface area (Å²) in [5.41, 5.74) is 1.27. The van der Waals surface area contributed by atoms with Crippen molar-refractivity contribution in [3.63, 3.8) is 0 Å². The van der Waals surface area contributed by atoms with E-state index in [0.717, 1.165) is 3.57 Å². The molecule has 1 rings (SSSR count). The number of nitriles is 1. The van der Waals surface area contributed by atoms with Crippen molar-refractivity contribution in [3.05, 3.63) is 32.4 Å².